The van der Waals surface area contributed by atoms with E-state index in [2.05, 4.69) is 4.98 Å². The van der Waals surface area contributed by atoms with Crippen molar-refractivity contribution in [2.75, 3.05) is 13.3 Å². The first-order valence-corrected chi connectivity index (χ1v) is 3.63. The Morgan fingerprint density at radius 2 is 2.25 bits per heavy atom. The molecule has 0 amide bonds. The number of alkyl halides is 1. The number of halogens is 2. The number of hydrogen-bond donors (Lipinski definition) is 0. The van der Waals surface area contributed by atoms with Gasteiger partial charge in [-0.25, -0.2) is 4.98 Å². The summed E-state index contributed by atoms with van der Waals surface area (Å²) in [6.07, 6.45) is 1.62. The first-order valence-electron chi connectivity index (χ1n) is 3.63. The van der Waals surface area contributed by atoms with Gasteiger partial charge in [-0.15, -0.1) is 0 Å². The molecule has 0 unspecified atom stereocenters. The van der Waals surface area contributed by atoms with Gasteiger partial charge in [-0.2, -0.15) is 4.39 Å². The third-order valence-corrected chi connectivity index (χ3v) is 1.25. The Morgan fingerprint density at radius 3 is 2.83 bits per heavy atom. The van der Waals surface area contributed by atoms with Crippen LogP contribution in [0.15, 0.2) is 18.3 Å². The van der Waals surface area contributed by atoms with Crippen molar-refractivity contribution in [3.05, 3.63) is 24.3 Å². The number of pyridine rings is 1. The predicted octanol–water partition coefficient (Wildman–Crippen LogP) is 1.96. The van der Waals surface area contributed by atoms with Gasteiger partial charge < -0.3 is 4.74 Å². The minimum absolute atomic E-state index is 0.295. The molecule has 12 heavy (non-hydrogen) atoms. The lowest BCUT2D eigenvalue weighted by atomic mass is 10.4. The van der Waals surface area contributed by atoms with E-state index in [9.17, 15) is 8.78 Å². The van der Waals surface area contributed by atoms with Crippen molar-refractivity contribution in [3.8, 4) is 5.75 Å². The fourth-order valence-electron chi connectivity index (χ4n) is 0.692. The quantitative estimate of drug-likeness (QED) is 0.513. The maximum atomic E-state index is 12.2. The zero-order chi connectivity index (χ0) is 8.81. The van der Waals surface area contributed by atoms with Crippen molar-refractivity contribution >= 4 is 0 Å². The molecule has 1 aromatic heterocycles. The second-order valence-electron chi connectivity index (χ2n) is 2.21. The van der Waals surface area contributed by atoms with Crippen LogP contribution in [0.1, 0.15) is 6.42 Å². The van der Waals surface area contributed by atoms with E-state index in [1.807, 2.05) is 0 Å². The van der Waals surface area contributed by atoms with Crippen molar-refractivity contribution in [1.82, 2.24) is 4.98 Å². The Bertz CT molecular complexity index is 225. The SMILES string of the molecule is FCCCOc1ccc(F)nc1. The van der Waals surface area contributed by atoms with Crippen molar-refractivity contribution in [2.45, 2.75) is 6.42 Å². The van der Waals surface area contributed by atoms with Crippen molar-refractivity contribution in [3.63, 3.8) is 0 Å². The number of nitrogens with zero attached hydrogens (tertiary/aromatic N) is 1. The molecule has 2 nitrogen and oxygen atoms in total. The summed E-state index contributed by atoms with van der Waals surface area (Å²) < 4.78 is 28.9. The van der Waals surface area contributed by atoms with E-state index >= 15 is 0 Å². The summed E-state index contributed by atoms with van der Waals surface area (Å²) in [6, 6.07) is 2.66. The van der Waals surface area contributed by atoms with Crippen LogP contribution >= 0.6 is 0 Å². The second-order valence-corrected chi connectivity index (χ2v) is 2.21. The Hall–Kier alpha value is -1.19. The van der Waals surface area contributed by atoms with Gasteiger partial charge in [0.25, 0.3) is 0 Å². The minimum atomic E-state index is -0.548. The van der Waals surface area contributed by atoms with Crippen molar-refractivity contribution in [1.29, 1.82) is 0 Å². The molecule has 0 aromatic carbocycles. The van der Waals surface area contributed by atoms with E-state index < -0.39 is 12.6 Å². The average molecular weight is 173 g/mol. The maximum Gasteiger partial charge on any atom is 0.213 e. The van der Waals surface area contributed by atoms with E-state index in [0.717, 1.165) is 0 Å². The van der Waals surface area contributed by atoms with Crippen LogP contribution in [0, 0.1) is 5.95 Å². The molecule has 0 fully saturated rings. The number of aromatic nitrogens is 1. The molecule has 0 aliphatic rings. The first kappa shape index (κ1) is 8.90. The fraction of sp³-hybridized carbons (Fsp3) is 0.375. The minimum Gasteiger partial charge on any atom is -0.492 e. The molecule has 0 aliphatic carbocycles. The molecule has 0 N–H and O–H groups in total. The standard InChI is InChI=1S/C8H9F2NO/c9-4-1-5-12-7-2-3-8(10)11-6-7/h2-3,6H,1,4-5H2. The van der Waals surface area contributed by atoms with Crippen LogP contribution in [-0.2, 0) is 0 Å². The van der Waals surface area contributed by atoms with Gasteiger partial charge >= 0.3 is 0 Å². The molecule has 0 aliphatic heterocycles. The Kier molecular flexibility index (Phi) is 3.44. The van der Waals surface area contributed by atoms with Crippen LogP contribution in [0.3, 0.4) is 0 Å². The summed E-state index contributed by atoms with van der Waals surface area (Å²) >= 11 is 0. The molecule has 1 rings (SSSR count). The molecule has 0 saturated carbocycles. The lowest BCUT2D eigenvalue weighted by Crippen LogP contribution is -1.98. The van der Waals surface area contributed by atoms with Crippen LogP contribution in [0.25, 0.3) is 0 Å². The third-order valence-electron chi connectivity index (χ3n) is 1.25. The van der Waals surface area contributed by atoms with Crippen LogP contribution in [0.5, 0.6) is 5.75 Å². The highest BCUT2D eigenvalue weighted by Crippen LogP contribution is 2.08. The number of hydrogen-bond acceptors (Lipinski definition) is 2. The Morgan fingerprint density at radius 1 is 1.42 bits per heavy atom. The Balaban J connectivity index is 2.37. The first-order chi connectivity index (χ1) is 5.83. The predicted molar refractivity (Wildman–Crippen MR) is 40.3 cm³/mol. The number of rotatable bonds is 4. The van der Waals surface area contributed by atoms with Gasteiger partial charge in [-0.1, -0.05) is 0 Å². The molecule has 0 spiro atoms. The van der Waals surface area contributed by atoms with E-state index in [-0.39, 0.29) is 0 Å². The molecule has 0 atom stereocenters. The molecular weight excluding hydrogens is 164 g/mol. The van der Waals surface area contributed by atoms with Crippen LogP contribution in [0.2, 0.25) is 0 Å². The molecule has 1 heterocycles. The van der Waals surface area contributed by atoms with E-state index in [4.69, 9.17) is 4.74 Å². The monoisotopic (exact) mass is 173 g/mol. The third kappa shape index (κ3) is 2.82. The smallest absolute Gasteiger partial charge is 0.213 e. The molecular formula is C8H9F2NO. The summed E-state index contributed by atoms with van der Waals surface area (Å²) in [7, 11) is 0. The fourth-order valence-corrected chi connectivity index (χ4v) is 0.692. The summed E-state index contributed by atoms with van der Waals surface area (Å²) in [5.74, 6) is -0.0855. The van der Waals surface area contributed by atoms with Crippen LogP contribution in [0.4, 0.5) is 8.78 Å². The molecule has 0 saturated heterocycles. The highest BCUT2D eigenvalue weighted by molar-refractivity contribution is 5.15. The molecule has 1 aromatic rings. The van der Waals surface area contributed by atoms with Crippen LogP contribution in [-0.4, -0.2) is 18.3 Å². The maximum absolute atomic E-state index is 12.2. The lowest BCUT2D eigenvalue weighted by molar-refractivity contribution is 0.288. The summed E-state index contributed by atoms with van der Waals surface area (Å²) in [6.45, 7) is -0.113. The van der Waals surface area contributed by atoms with Gasteiger partial charge in [0.2, 0.25) is 5.95 Å². The zero-order valence-electron chi connectivity index (χ0n) is 6.46. The summed E-state index contributed by atoms with van der Waals surface area (Å²) in [5.41, 5.74) is 0. The molecule has 4 heteroatoms. The summed E-state index contributed by atoms with van der Waals surface area (Å²) in [5, 5.41) is 0. The van der Waals surface area contributed by atoms with Crippen LogP contribution < -0.4 is 4.74 Å². The van der Waals surface area contributed by atoms with Gasteiger partial charge in [-0.05, 0) is 12.1 Å². The van der Waals surface area contributed by atoms with E-state index in [1.54, 1.807) is 0 Å². The normalized spacial score (nSPS) is 9.83. The van der Waals surface area contributed by atoms with Gasteiger partial charge in [0.1, 0.15) is 5.75 Å². The van der Waals surface area contributed by atoms with Gasteiger partial charge in [0, 0.05) is 6.42 Å². The highest BCUT2D eigenvalue weighted by atomic mass is 19.1. The van der Waals surface area contributed by atoms with Crippen molar-refractivity contribution in [2.24, 2.45) is 0 Å². The highest BCUT2D eigenvalue weighted by Gasteiger charge is 1.94. The molecule has 0 bridgehead atoms. The Labute approximate surface area is 69.2 Å². The van der Waals surface area contributed by atoms with E-state index in [0.29, 0.717) is 18.8 Å². The lowest BCUT2D eigenvalue weighted by Gasteiger charge is -2.02. The number of ether oxygens (including phenoxy) is 1. The van der Waals surface area contributed by atoms with Gasteiger partial charge in [0.15, 0.2) is 0 Å². The zero-order valence-corrected chi connectivity index (χ0v) is 6.46. The second kappa shape index (κ2) is 4.64. The summed E-state index contributed by atoms with van der Waals surface area (Å²) in [4.78, 5) is 3.37. The van der Waals surface area contributed by atoms with Gasteiger partial charge in [-0.3, -0.25) is 4.39 Å². The topological polar surface area (TPSA) is 22.1 Å². The largest absolute Gasteiger partial charge is 0.492 e. The van der Waals surface area contributed by atoms with E-state index in [1.165, 1.54) is 18.3 Å². The van der Waals surface area contributed by atoms with Gasteiger partial charge in [0.05, 0.1) is 19.5 Å². The average Bonchev–Trinajstić information content (AvgIpc) is 2.09. The molecule has 0 radical (unpaired) electrons. The molecule has 66 valence electrons. The van der Waals surface area contributed by atoms with Crippen molar-refractivity contribution < 1.29 is 13.5 Å².